The highest BCUT2D eigenvalue weighted by Gasteiger charge is 2.08. The molecule has 1 aromatic carbocycles. The number of phenolic OH excluding ortho intramolecular Hbond substituents is 1. The Kier molecular flexibility index (Phi) is 7.61. The Morgan fingerprint density at radius 1 is 1.19 bits per heavy atom. The van der Waals surface area contributed by atoms with Crippen LogP contribution in [0.2, 0.25) is 0 Å². The molecule has 2 amide bonds. The Hall–Kier alpha value is -1.75. The molecule has 0 saturated carbocycles. The number of hydrogen-bond acceptors (Lipinski definition) is 3. The average Bonchev–Trinajstić information content (AvgIpc) is 2.48. The number of benzene rings is 1. The van der Waals surface area contributed by atoms with E-state index in [0.29, 0.717) is 5.69 Å². The summed E-state index contributed by atoms with van der Waals surface area (Å²) in [5.41, 5.74) is 1.56. The van der Waals surface area contributed by atoms with Crippen molar-refractivity contribution in [3.63, 3.8) is 0 Å². The molecule has 1 aromatic rings. The molecule has 0 bridgehead atoms. The minimum absolute atomic E-state index is 0.0846. The molecule has 118 valence electrons. The van der Waals surface area contributed by atoms with Gasteiger partial charge in [0.25, 0.3) is 0 Å². The quantitative estimate of drug-likeness (QED) is 0.646. The molecule has 0 unspecified atom stereocenters. The number of carbonyl (C=O) groups excluding carboxylic acids is 1. The molecular formula is C16H27N3O2. The van der Waals surface area contributed by atoms with Crippen LogP contribution in [0.3, 0.4) is 0 Å². The molecule has 1 rings (SSSR count). The van der Waals surface area contributed by atoms with Crippen molar-refractivity contribution < 1.29 is 9.90 Å². The summed E-state index contributed by atoms with van der Waals surface area (Å²) in [6.07, 6.45) is 3.21. The summed E-state index contributed by atoms with van der Waals surface area (Å²) in [5.74, 6) is 0.0846. The zero-order valence-electron chi connectivity index (χ0n) is 13.3. The first-order chi connectivity index (χ1) is 10.1. The van der Waals surface area contributed by atoms with E-state index in [4.69, 9.17) is 0 Å². The van der Waals surface area contributed by atoms with Gasteiger partial charge in [0, 0.05) is 13.6 Å². The van der Waals surface area contributed by atoms with E-state index in [9.17, 15) is 9.90 Å². The lowest BCUT2D eigenvalue weighted by Crippen LogP contribution is -2.28. The molecule has 0 aliphatic heterocycles. The summed E-state index contributed by atoms with van der Waals surface area (Å²) in [6.45, 7) is 7.58. The second-order valence-electron chi connectivity index (χ2n) is 5.15. The van der Waals surface area contributed by atoms with Crippen LogP contribution in [0.15, 0.2) is 18.2 Å². The largest absolute Gasteiger partial charge is 0.506 e. The topological polar surface area (TPSA) is 64.6 Å². The molecule has 0 spiro atoms. The maximum atomic E-state index is 11.3. The van der Waals surface area contributed by atoms with Crippen molar-refractivity contribution in [1.82, 2.24) is 10.2 Å². The molecule has 0 radical (unpaired) electrons. The lowest BCUT2D eigenvalue weighted by atomic mass is 10.1. The van der Waals surface area contributed by atoms with Gasteiger partial charge in [-0.3, -0.25) is 0 Å². The predicted octanol–water partition coefficient (Wildman–Crippen LogP) is 2.81. The number of hydrogen-bond donors (Lipinski definition) is 3. The number of urea groups is 1. The van der Waals surface area contributed by atoms with Crippen molar-refractivity contribution in [3.8, 4) is 5.75 Å². The molecule has 5 heteroatoms. The van der Waals surface area contributed by atoms with Crippen molar-refractivity contribution in [1.29, 1.82) is 0 Å². The molecule has 0 aliphatic rings. The Morgan fingerprint density at radius 2 is 1.86 bits per heavy atom. The molecular weight excluding hydrogens is 266 g/mol. The second kappa shape index (κ2) is 9.23. The number of nitrogens with one attached hydrogen (secondary N) is 2. The van der Waals surface area contributed by atoms with Crippen LogP contribution in [0.25, 0.3) is 0 Å². The Balaban J connectivity index is 2.66. The lowest BCUT2D eigenvalue weighted by molar-refractivity contribution is 0.254. The third kappa shape index (κ3) is 6.04. The second-order valence-corrected chi connectivity index (χ2v) is 5.15. The predicted molar refractivity (Wildman–Crippen MR) is 86.9 cm³/mol. The van der Waals surface area contributed by atoms with Crippen LogP contribution >= 0.6 is 0 Å². The van der Waals surface area contributed by atoms with Gasteiger partial charge in [0.1, 0.15) is 5.75 Å². The molecule has 0 atom stereocenters. The molecule has 0 aliphatic carbocycles. The van der Waals surface area contributed by atoms with E-state index in [2.05, 4.69) is 29.4 Å². The molecule has 21 heavy (non-hydrogen) atoms. The van der Waals surface area contributed by atoms with Crippen LogP contribution in [-0.2, 0) is 6.42 Å². The fourth-order valence-corrected chi connectivity index (χ4v) is 2.28. The van der Waals surface area contributed by atoms with E-state index in [1.54, 1.807) is 13.1 Å². The summed E-state index contributed by atoms with van der Waals surface area (Å²) >= 11 is 0. The van der Waals surface area contributed by atoms with Gasteiger partial charge < -0.3 is 20.6 Å². The summed E-state index contributed by atoms with van der Waals surface area (Å²) in [7, 11) is 1.55. The van der Waals surface area contributed by atoms with Crippen molar-refractivity contribution in [3.05, 3.63) is 23.8 Å². The maximum absolute atomic E-state index is 11.3. The van der Waals surface area contributed by atoms with Gasteiger partial charge in [0.15, 0.2) is 0 Å². The van der Waals surface area contributed by atoms with E-state index in [0.717, 1.165) is 44.5 Å². The highest BCUT2D eigenvalue weighted by molar-refractivity contribution is 5.90. The van der Waals surface area contributed by atoms with Crippen molar-refractivity contribution in [2.45, 2.75) is 33.1 Å². The maximum Gasteiger partial charge on any atom is 0.319 e. The number of aromatic hydroxyl groups is 1. The number of rotatable bonds is 8. The monoisotopic (exact) mass is 293 g/mol. The molecule has 0 heterocycles. The van der Waals surface area contributed by atoms with Crippen molar-refractivity contribution in [2.24, 2.45) is 0 Å². The third-order valence-electron chi connectivity index (χ3n) is 3.33. The summed E-state index contributed by atoms with van der Waals surface area (Å²) in [6, 6.07) is 5.03. The van der Waals surface area contributed by atoms with Gasteiger partial charge in [-0.1, -0.05) is 19.9 Å². The van der Waals surface area contributed by atoms with Crippen molar-refractivity contribution in [2.75, 3.05) is 32.0 Å². The van der Waals surface area contributed by atoms with Crippen LogP contribution in [0.1, 0.15) is 32.3 Å². The minimum atomic E-state index is -0.332. The van der Waals surface area contributed by atoms with Crippen LogP contribution in [0, 0.1) is 0 Å². The number of phenols is 1. The first kappa shape index (κ1) is 17.3. The standard InChI is InChI=1S/C16H27N3O2/c1-4-9-19(10-5-2)11-8-13-6-7-15(20)14(12-13)18-16(21)17-3/h6-7,12,20H,4-5,8-11H2,1-3H3,(H2,17,18,21). The summed E-state index contributed by atoms with van der Waals surface area (Å²) < 4.78 is 0. The Labute approximate surface area is 127 Å². The van der Waals surface area contributed by atoms with E-state index in [-0.39, 0.29) is 11.8 Å². The van der Waals surface area contributed by atoms with Crippen LogP contribution in [-0.4, -0.2) is 42.7 Å². The zero-order chi connectivity index (χ0) is 15.7. The number of anilines is 1. The van der Waals surface area contributed by atoms with Gasteiger partial charge in [-0.2, -0.15) is 0 Å². The smallest absolute Gasteiger partial charge is 0.319 e. The normalized spacial score (nSPS) is 10.7. The van der Waals surface area contributed by atoms with E-state index in [1.807, 2.05) is 12.1 Å². The third-order valence-corrected chi connectivity index (χ3v) is 3.33. The van der Waals surface area contributed by atoms with Crippen LogP contribution in [0.5, 0.6) is 5.75 Å². The zero-order valence-corrected chi connectivity index (χ0v) is 13.3. The molecule has 0 aromatic heterocycles. The van der Waals surface area contributed by atoms with Gasteiger partial charge in [-0.05, 0) is 50.0 Å². The molecule has 3 N–H and O–H groups in total. The highest BCUT2D eigenvalue weighted by Crippen LogP contribution is 2.24. The van der Waals surface area contributed by atoms with Gasteiger partial charge in [0.05, 0.1) is 5.69 Å². The average molecular weight is 293 g/mol. The minimum Gasteiger partial charge on any atom is -0.506 e. The molecule has 0 fully saturated rings. The van der Waals surface area contributed by atoms with E-state index < -0.39 is 0 Å². The lowest BCUT2D eigenvalue weighted by Gasteiger charge is -2.21. The first-order valence-electron chi connectivity index (χ1n) is 7.63. The number of amides is 2. The van der Waals surface area contributed by atoms with Gasteiger partial charge in [0.2, 0.25) is 0 Å². The van der Waals surface area contributed by atoms with E-state index in [1.165, 1.54) is 0 Å². The molecule has 0 saturated heterocycles. The fraction of sp³-hybridized carbons (Fsp3) is 0.562. The highest BCUT2D eigenvalue weighted by atomic mass is 16.3. The van der Waals surface area contributed by atoms with Gasteiger partial charge in [-0.15, -0.1) is 0 Å². The van der Waals surface area contributed by atoms with E-state index >= 15 is 0 Å². The van der Waals surface area contributed by atoms with Crippen LogP contribution < -0.4 is 10.6 Å². The Bertz CT molecular complexity index is 443. The van der Waals surface area contributed by atoms with Crippen molar-refractivity contribution >= 4 is 11.7 Å². The summed E-state index contributed by atoms with van der Waals surface area (Å²) in [4.78, 5) is 13.8. The fourth-order valence-electron chi connectivity index (χ4n) is 2.28. The van der Waals surface area contributed by atoms with Gasteiger partial charge in [-0.25, -0.2) is 4.79 Å². The number of nitrogens with zero attached hydrogens (tertiary/aromatic N) is 1. The summed E-state index contributed by atoms with van der Waals surface area (Å²) in [5, 5.41) is 14.9. The molecule has 5 nitrogen and oxygen atoms in total. The van der Waals surface area contributed by atoms with Crippen LogP contribution in [0.4, 0.5) is 10.5 Å². The van der Waals surface area contributed by atoms with Gasteiger partial charge >= 0.3 is 6.03 Å². The number of carbonyl (C=O) groups is 1. The Morgan fingerprint density at radius 3 is 2.43 bits per heavy atom. The first-order valence-corrected chi connectivity index (χ1v) is 7.63. The SMILES string of the molecule is CCCN(CCC)CCc1ccc(O)c(NC(=O)NC)c1.